The van der Waals surface area contributed by atoms with Gasteiger partial charge in [-0.15, -0.1) is 24.0 Å². The summed E-state index contributed by atoms with van der Waals surface area (Å²) in [6, 6.07) is 8.13. The summed E-state index contributed by atoms with van der Waals surface area (Å²) < 4.78 is 11.0. The Bertz CT molecular complexity index is 650. The highest BCUT2D eigenvalue weighted by Gasteiger charge is 2.22. The molecule has 3 rings (SSSR count). The lowest BCUT2D eigenvalue weighted by Gasteiger charge is -2.29. The van der Waals surface area contributed by atoms with Crippen molar-refractivity contribution >= 4 is 41.5 Å². The first-order valence-electron chi connectivity index (χ1n) is 9.80. The number of aryl methyl sites for hydroxylation is 1. The van der Waals surface area contributed by atoms with E-state index in [1.54, 1.807) is 7.05 Å². The van der Waals surface area contributed by atoms with Gasteiger partial charge in [-0.2, -0.15) is 0 Å². The molecule has 0 saturated carbocycles. The molecule has 7 nitrogen and oxygen atoms in total. The Kier molecular flexibility index (Phi) is 10.0. The number of hydrogen-bond donors (Lipinski definition) is 2. The summed E-state index contributed by atoms with van der Waals surface area (Å²) in [6.07, 6.45) is 4.14. The fourth-order valence-electron chi connectivity index (χ4n) is 3.44. The Balaban J connectivity index is 0.00000280. The molecule has 156 valence electrons. The van der Waals surface area contributed by atoms with Crippen molar-refractivity contribution in [1.29, 1.82) is 0 Å². The lowest BCUT2D eigenvalue weighted by molar-refractivity contribution is -0.117. The van der Waals surface area contributed by atoms with E-state index in [9.17, 15) is 4.79 Å². The number of amides is 1. The van der Waals surface area contributed by atoms with E-state index < -0.39 is 0 Å². The van der Waals surface area contributed by atoms with Crippen LogP contribution in [0, 0.1) is 0 Å². The number of aliphatic imine (C=N–C) groups is 1. The Morgan fingerprint density at radius 2 is 2.21 bits per heavy atom. The number of ether oxygens (including phenoxy) is 2. The van der Waals surface area contributed by atoms with Gasteiger partial charge in [-0.1, -0.05) is 18.2 Å². The molecule has 0 aliphatic carbocycles. The first-order chi connectivity index (χ1) is 13.3. The Labute approximate surface area is 184 Å². The average Bonchev–Trinajstić information content (AvgIpc) is 3.23. The number of nitrogens with one attached hydrogen (secondary N) is 2. The molecule has 1 aromatic rings. The van der Waals surface area contributed by atoms with E-state index in [2.05, 4.69) is 21.7 Å². The van der Waals surface area contributed by atoms with Crippen LogP contribution in [0.4, 0.5) is 5.69 Å². The molecule has 2 heterocycles. The summed E-state index contributed by atoms with van der Waals surface area (Å²) in [5, 5.41) is 6.35. The number of fused-ring (bicyclic) bond motifs is 1. The van der Waals surface area contributed by atoms with Crippen molar-refractivity contribution < 1.29 is 14.3 Å². The zero-order valence-electron chi connectivity index (χ0n) is 16.5. The molecule has 1 amide bonds. The summed E-state index contributed by atoms with van der Waals surface area (Å²) in [5.74, 6) is 0.701. The van der Waals surface area contributed by atoms with E-state index in [0.717, 1.165) is 51.1 Å². The minimum absolute atomic E-state index is 0. The molecule has 2 aliphatic rings. The van der Waals surface area contributed by atoms with Gasteiger partial charge >= 0.3 is 0 Å². The van der Waals surface area contributed by atoms with Gasteiger partial charge < -0.3 is 25.0 Å². The van der Waals surface area contributed by atoms with E-state index in [1.807, 2.05) is 23.1 Å². The number of nitrogens with zero attached hydrogens (tertiary/aromatic N) is 2. The molecule has 1 unspecified atom stereocenters. The van der Waals surface area contributed by atoms with Crippen molar-refractivity contribution in [2.75, 3.05) is 51.4 Å². The van der Waals surface area contributed by atoms with Gasteiger partial charge in [0.05, 0.1) is 19.3 Å². The molecule has 1 fully saturated rings. The second-order valence-corrected chi connectivity index (χ2v) is 6.84. The standard InChI is InChI=1S/C20H30N4O3.HI/c1-21-20(22-10-5-12-27-17-9-13-26-15-17)23-14-19(25)24-11-4-7-16-6-2-3-8-18(16)24;/h2-3,6,8,17H,4-5,7,9-15H2,1H3,(H2,21,22,23);1H. The normalized spacial score (nSPS) is 19.0. The molecule has 0 radical (unpaired) electrons. The lowest BCUT2D eigenvalue weighted by Crippen LogP contribution is -2.46. The molecule has 1 atom stereocenters. The molecule has 2 N–H and O–H groups in total. The van der Waals surface area contributed by atoms with E-state index in [-0.39, 0.29) is 42.5 Å². The van der Waals surface area contributed by atoms with Crippen LogP contribution in [0.15, 0.2) is 29.3 Å². The van der Waals surface area contributed by atoms with Gasteiger partial charge in [0.25, 0.3) is 0 Å². The van der Waals surface area contributed by atoms with Crippen molar-refractivity contribution in [3.63, 3.8) is 0 Å². The van der Waals surface area contributed by atoms with Crippen LogP contribution in [0.1, 0.15) is 24.8 Å². The van der Waals surface area contributed by atoms with Gasteiger partial charge in [-0.25, -0.2) is 0 Å². The van der Waals surface area contributed by atoms with E-state index in [4.69, 9.17) is 9.47 Å². The number of anilines is 1. The fourth-order valence-corrected chi connectivity index (χ4v) is 3.44. The quantitative estimate of drug-likeness (QED) is 0.258. The van der Waals surface area contributed by atoms with Gasteiger partial charge in [-0.3, -0.25) is 9.79 Å². The number of para-hydroxylation sites is 1. The molecule has 0 bridgehead atoms. The van der Waals surface area contributed by atoms with Gasteiger partial charge in [0.1, 0.15) is 0 Å². The second-order valence-electron chi connectivity index (χ2n) is 6.84. The molecule has 0 aromatic heterocycles. The van der Waals surface area contributed by atoms with Gasteiger partial charge in [0.2, 0.25) is 5.91 Å². The maximum atomic E-state index is 12.7. The average molecular weight is 502 g/mol. The summed E-state index contributed by atoms with van der Waals surface area (Å²) in [4.78, 5) is 18.7. The van der Waals surface area contributed by atoms with E-state index >= 15 is 0 Å². The minimum Gasteiger partial charge on any atom is -0.379 e. The smallest absolute Gasteiger partial charge is 0.246 e. The number of benzene rings is 1. The number of halogens is 1. The van der Waals surface area contributed by atoms with Crippen LogP contribution in [0.25, 0.3) is 0 Å². The third-order valence-electron chi connectivity index (χ3n) is 4.90. The van der Waals surface area contributed by atoms with Crippen LogP contribution in [0.5, 0.6) is 0 Å². The molecular weight excluding hydrogens is 471 g/mol. The first-order valence-corrected chi connectivity index (χ1v) is 9.80. The zero-order valence-corrected chi connectivity index (χ0v) is 18.8. The highest BCUT2D eigenvalue weighted by molar-refractivity contribution is 14.0. The molecule has 1 aromatic carbocycles. The highest BCUT2D eigenvalue weighted by atomic mass is 127. The predicted octanol–water partition coefficient (Wildman–Crippen LogP) is 1.94. The first kappa shape index (κ1) is 22.9. The van der Waals surface area contributed by atoms with Crippen molar-refractivity contribution in [3.05, 3.63) is 29.8 Å². The van der Waals surface area contributed by atoms with Crippen molar-refractivity contribution in [2.45, 2.75) is 31.8 Å². The van der Waals surface area contributed by atoms with Crippen molar-refractivity contribution in [3.8, 4) is 0 Å². The van der Waals surface area contributed by atoms with Crippen LogP contribution in [-0.4, -0.2) is 64.5 Å². The number of carbonyl (C=O) groups is 1. The van der Waals surface area contributed by atoms with E-state index in [0.29, 0.717) is 19.2 Å². The van der Waals surface area contributed by atoms with Crippen molar-refractivity contribution in [1.82, 2.24) is 10.6 Å². The van der Waals surface area contributed by atoms with E-state index in [1.165, 1.54) is 5.56 Å². The summed E-state index contributed by atoms with van der Waals surface area (Å²) in [6.45, 7) is 3.94. The minimum atomic E-state index is 0. The molecule has 8 heteroatoms. The molecule has 2 aliphatic heterocycles. The van der Waals surface area contributed by atoms with Crippen LogP contribution < -0.4 is 15.5 Å². The monoisotopic (exact) mass is 502 g/mol. The Hall–Kier alpha value is -1.39. The predicted molar refractivity (Wildman–Crippen MR) is 122 cm³/mol. The topological polar surface area (TPSA) is 75.2 Å². The Morgan fingerprint density at radius 3 is 3.00 bits per heavy atom. The maximum absolute atomic E-state index is 12.7. The van der Waals surface area contributed by atoms with Gasteiger partial charge in [-0.05, 0) is 37.3 Å². The van der Waals surface area contributed by atoms with Gasteiger partial charge in [0, 0.05) is 39.0 Å². The van der Waals surface area contributed by atoms with Crippen LogP contribution >= 0.6 is 24.0 Å². The number of carbonyl (C=O) groups excluding carboxylic acids is 1. The third-order valence-corrected chi connectivity index (χ3v) is 4.90. The summed E-state index contributed by atoms with van der Waals surface area (Å²) in [7, 11) is 1.71. The van der Waals surface area contributed by atoms with Crippen LogP contribution in [0.2, 0.25) is 0 Å². The lowest BCUT2D eigenvalue weighted by atomic mass is 10.0. The molecule has 1 saturated heterocycles. The third kappa shape index (κ3) is 6.59. The van der Waals surface area contributed by atoms with Crippen LogP contribution in [-0.2, 0) is 20.7 Å². The number of hydrogen-bond acceptors (Lipinski definition) is 4. The fraction of sp³-hybridized carbons (Fsp3) is 0.600. The largest absolute Gasteiger partial charge is 0.379 e. The van der Waals surface area contributed by atoms with Crippen LogP contribution in [0.3, 0.4) is 0 Å². The number of rotatable bonds is 7. The summed E-state index contributed by atoms with van der Waals surface area (Å²) >= 11 is 0. The highest BCUT2D eigenvalue weighted by Crippen LogP contribution is 2.26. The zero-order chi connectivity index (χ0) is 18.9. The summed E-state index contributed by atoms with van der Waals surface area (Å²) in [5.41, 5.74) is 2.28. The number of guanidine groups is 1. The second kappa shape index (κ2) is 12.2. The Morgan fingerprint density at radius 1 is 1.36 bits per heavy atom. The molecule has 0 spiro atoms. The molecule has 28 heavy (non-hydrogen) atoms. The maximum Gasteiger partial charge on any atom is 0.246 e. The molecular formula is C20H31IN4O3. The van der Waals surface area contributed by atoms with Gasteiger partial charge in [0.15, 0.2) is 5.96 Å². The SMILES string of the molecule is CN=C(NCCCOC1CCOC1)NCC(=O)N1CCCc2ccccc21.I. The van der Waals surface area contributed by atoms with Crippen molar-refractivity contribution in [2.24, 2.45) is 4.99 Å².